The standard InChI is InChI=1S/C62H48N2/c1-2-11-46-34-47(25-22-41(46)10-1)44-28-32-53(33-29-44)63(54-13-9-12-48(37-54)61-38-50-35-49-36-51(39-61)62(49,50)40-61)52-30-26-43(27-31-52)42-20-23-45(24-21-42)55-14-3-6-17-58(55)64-59-18-7-4-15-56(59)57-16-5-8-19-60(57)64/h1-34,37,49-51H,35-36,38-40H2/t49?,50-,51-,61?,62?/m0/s1. The van der Waals surface area contributed by atoms with E-state index in [0.29, 0.717) is 10.8 Å². The summed E-state index contributed by atoms with van der Waals surface area (Å²) in [6.07, 6.45) is 7.17. The summed E-state index contributed by atoms with van der Waals surface area (Å²) in [5.41, 5.74) is 17.2. The van der Waals surface area contributed by atoms with Gasteiger partial charge in [0.05, 0.1) is 16.7 Å². The van der Waals surface area contributed by atoms with Crippen LogP contribution < -0.4 is 4.90 Å². The molecule has 1 heterocycles. The largest absolute Gasteiger partial charge is 0.310 e. The number of nitrogens with zero attached hydrogens (tertiary/aromatic N) is 2. The van der Waals surface area contributed by atoms with E-state index in [-0.39, 0.29) is 0 Å². The van der Waals surface area contributed by atoms with Gasteiger partial charge < -0.3 is 9.47 Å². The normalized spacial score (nSPS) is 22.7. The van der Waals surface area contributed by atoms with Crippen LogP contribution in [0.2, 0.25) is 0 Å². The van der Waals surface area contributed by atoms with Crippen LogP contribution in [-0.2, 0) is 5.41 Å². The van der Waals surface area contributed by atoms with Gasteiger partial charge in [-0.3, -0.25) is 0 Å². The van der Waals surface area contributed by atoms with Crippen LogP contribution in [0.5, 0.6) is 0 Å². The van der Waals surface area contributed by atoms with E-state index in [1.54, 1.807) is 5.56 Å². The Morgan fingerprint density at radius 2 is 0.953 bits per heavy atom. The maximum Gasteiger partial charge on any atom is 0.0541 e. The third-order valence-electron chi connectivity index (χ3n) is 16.6. The lowest BCUT2D eigenvalue weighted by Crippen LogP contribution is -2.59. The van der Waals surface area contributed by atoms with Crippen LogP contribution in [0.1, 0.15) is 37.7 Å². The molecule has 2 atom stereocenters. The summed E-state index contributed by atoms with van der Waals surface area (Å²) in [5.74, 6) is 2.94. The van der Waals surface area contributed by atoms with E-state index in [1.165, 1.54) is 121 Å². The van der Waals surface area contributed by atoms with Gasteiger partial charge in [0.25, 0.3) is 0 Å². The van der Waals surface area contributed by atoms with Crippen molar-refractivity contribution in [2.45, 2.75) is 37.5 Å². The second kappa shape index (κ2) is 13.7. The van der Waals surface area contributed by atoms with Crippen molar-refractivity contribution >= 4 is 49.6 Å². The van der Waals surface area contributed by atoms with Gasteiger partial charge in [0.15, 0.2) is 0 Å². The van der Waals surface area contributed by atoms with Gasteiger partial charge in [-0.15, -0.1) is 0 Å². The zero-order valence-electron chi connectivity index (χ0n) is 35.9. The van der Waals surface area contributed by atoms with Crippen LogP contribution in [-0.4, -0.2) is 4.57 Å². The molecule has 0 N–H and O–H groups in total. The third kappa shape index (κ3) is 5.26. The van der Waals surface area contributed by atoms with Crippen molar-refractivity contribution in [3.05, 3.63) is 218 Å². The van der Waals surface area contributed by atoms with Crippen LogP contribution in [0.3, 0.4) is 0 Å². The molecular formula is C62H48N2. The molecule has 64 heavy (non-hydrogen) atoms. The first-order chi connectivity index (χ1) is 31.6. The highest BCUT2D eigenvalue weighted by Gasteiger charge is 2.77. The molecule has 4 aliphatic rings. The second-order valence-electron chi connectivity index (χ2n) is 19.5. The monoisotopic (exact) mass is 820 g/mol. The van der Waals surface area contributed by atoms with Crippen molar-refractivity contribution in [3.63, 3.8) is 0 Å². The Kier molecular flexibility index (Phi) is 7.76. The smallest absolute Gasteiger partial charge is 0.0541 e. The summed E-state index contributed by atoms with van der Waals surface area (Å²) in [7, 11) is 0. The molecule has 4 saturated carbocycles. The van der Waals surface area contributed by atoms with Crippen molar-refractivity contribution in [2.24, 2.45) is 23.2 Å². The van der Waals surface area contributed by atoms with Gasteiger partial charge >= 0.3 is 0 Å². The molecule has 10 aromatic rings. The molecule has 306 valence electrons. The van der Waals surface area contributed by atoms with E-state index in [4.69, 9.17) is 0 Å². The van der Waals surface area contributed by atoms with E-state index in [1.807, 2.05) is 0 Å². The summed E-state index contributed by atoms with van der Waals surface area (Å²) in [4.78, 5) is 2.48. The van der Waals surface area contributed by atoms with E-state index >= 15 is 0 Å². The molecule has 2 heteroatoms. The number of anilines is 3. The lowest BCUT2D eigenvalue weighted by Gasteiger charge is -2.66. The lowest BCUT2D eigenvalue weighted by molar-refractivity contribution is -0.175. The summed E-state index contributed by atoms with van der Waals surface area (Å²) in [6, 6.07) is 79.1. The van der Waals surface area contributed by atoms with Crippen molar-refractivity contribution in [3.8, 4) is 39.1 Å². The predicted molar refractivity (Wildman–Crippen MR) is 267 cm³/mol. The summed E-state index contributed by atoms with van der Waals surface area (Å²) < 4.78 is 2.43. The molecule has 0 aliphatic heterocycles. The highest BCUT2D eigenvalue weighted by molar-refractivity contribution is 6.09. The van der Waals surface area contributed by atoms with Gasteiger partial charge in [0.1, 0.15) is 0 Å². The summed E-state index contributed by atoms with van der Waals surface area (Å²) in [5, 5.41) is 5.10. The first kappa shape index (κ1) is 36.3. The second-order valence-corrected chi connectivity index (χ2v) is 19.5. The van der Waals surface area contributed by atoms with Gasteiger partial charge in [-0.1, -0.05) is 152 Å². The molecule has 14 rings (SSSR count). The first-order valence-electron chi connectivity index (χ1n) is 23.4. The van der Waals surface area contributed by atoms with Crippen molar-refractivity contribution in [1.29, 1.82) is 0 Å². The zero-order chi connectivity index (χ0) is 42.0. The van der Waals surface area contributed by atoms with Gasteiger partial charge in [0.2, 0.25) is 0 Å². The first-order valence-corrected chi connectivity index (χ1v) is 23.4. The lowest BCUT2D eigenvalue weighted by atomic mass is 9.38. The fourth-order valence-corrected chi connectivity index (χ4v) is 13.7. The molecule has 0 unspecified atom stereocenters. The summed E-state index contributed by atoms with van der Waals surface area (Å²) >= 11 is 0. The van der Waals surface area contributed by atoms with E-state index in [9.17, 15) is 0 Å². The van der Waals surface area contributed by atoms with E-state index in [2.05, 4.69) is 222 Å². The van der Waals surface area contributed by atoms with Gasteiger partial charge in [-0.2, -0.15) is 0 Å². The average Bonchev–Trinajstić information content (AvgIpc) is 3.98. The Bertz CT molecular complexity index is 3380. The molecule has 1 aromatic heterocycles. The SMILES string of the molecule is c1cc(N(c2ccc(-c3ccc(-c4ccccc4-n4c5ccccc5c5ccccc54)cc3)cc2)c2ccc(-c3ccc4ccccc4c3)cc2)cc(C23C[C@@H]4CC5C[C@@H](C2)C54C3)c1. The number of aromatic nitrogens is 1. The fraction of sp³-hybridized carbons (Fsp3) is 0.161. The van der Waals surface area contributed by atoms with Crippen LogP contribution in [0.15, 0.2) is 212 Å². The quantitative estimate of drug-likeness (QED) is 0.148. The van der Waals surface area contributed by atoms with Gasteiger partial charge in [-0.25, -0.2) is 0 Å². The Balaban J connectivity index is 0.809. The highest BCUT2D eigenvalue weighted by Crippen LogP contribution is 2.84. The van der Waals surface area contributed by atoms with Crippen molar-refractivity contribution in [2.75, 3.05) is 4.90 Å². The number of rotatable bonds is 8. The van der Waals surface area contributed by atoms with Gasteiger partial charge in [0, 0.05) is 33.4 Å². The maximum atomic E-state index is 2.56. The number of hydrogen-bond acceptors (Lipinski definition) is 1. The summed E-state index contributed by atoms with van der Waals surface area (Å²) in [6.45, 7) is 0. The number of fused-ring (bicyclic) bond motifs is 5. The molecule has 9 aromatic carbocycles. The fourth-order valence-electron chi connectivity index (χ4n) is 13.7. The third-order valence-corrected chi connectivity index (χ3v) is 16.6. The minimum absolute atomic E-state index is 0.349. The van der Waals surface area contributed by atoms with Crippen LogP contribution in [0.25, 0.3) is 71.6 Å². The molecule has 0 amide bonds. The Morgan fingerprint density at radius 1 is 0.406 bits per heavy atom. The van der Waals surface area contributed by atoms with E-state index in [0.717, 1.165) is 17.8 Å². The van der Waals surface area contributed by atoms with Gasteiger partial charge in [-0.05, 0) is 166 Å². The van der Waals surface area contributed by atoms with E-state index < -0.39 is 0 Å². The molecule has 2 nitrogen and oxygen atoms in total. The maximum absolute atomic E-state index is 2.56. The predicted octanol–water partition coefficient (Wildman–Crippen LogP) is 16.5. The Labute approximate surface area is 375 Å². The number of benzene rings is 9. The molecule has 0 saturated heterocycles. The Morgan fingerprint density at radius 3 is 1.61 bits per heavy atom. The van der Waals surface area contributed by atoms with Crippen LogP contribution >= 0.6 is 0 Å². The zero-order valence-corrected chi connectivity index (χ0v) is 35.9. The molecule has 1 spiro atoms. The highest BCUT2D eigenvalue weighted by atomic mass is 15.1. The molecular weight excluding hydrogens is 773 g/mol. The molecule has 4 aliphatic carbocycles. The minimum atomic E-state index is 0.349. The van der Waals surface area contributed by atoms with Crippen LogP contribution in [0, 0.1) is 23.2 Å². The van der Waals surface area contributed by atoms with Crippen molar-refractivity contribution in [1.82, 2.24) is 4.57 Å². The van der Waals surface area contributed by atoms with Crippen molar-refractivity contribution < 1.29 is 0 Å². The van der Waals surface area contributed by atoms with Crippen LogP contribution in [0.4, 0.5) is 17.1 Å². The number of hydrogen-bond donors (Lipinski definition) is 0. The topological polar surface area (TPSA) is 8.17 Å². The molecule has 4 fully saturated rings. The number of para-hydroxylation sites is 3. The average molecular weight is 821 g/mol. The minimum Gasteiger partial charge on any atom is -0.310 e. The molecule has 2 bridgehead atoms. The molecule has 0 radical (unpaired) electrons. The Hall–Kier alpha value is -7.16.